The second kappa shape index (κ2) is 7.54. The van der Waals surface area contributed by atoms with Gasteiger partial charge in [0.05, 0.1) is 12.2 Å². The maximum Gasteiger partial charge on any atom is 0.268 e. The molecule has 4 nitrogen and oxygen atoms in total. The minimum Gasteiger partial charge on any atom is -0.311 e. The van der Waals surface area contributed by atoms with E-state index in [1.807, 2.05) is 61.5 Å². The molecule has 156 valence electrons. The Balaban J connectivity index is 1.59. The molecule has 0 bridgehead atoms. The lowest BCUT2D eigenvalue weighted by Gasteiger charge is -2.33. The van der Waals surface area contributed by atoms with Crippen LogP contribution in [0.5, 0.6) is 0 Å². The molecule has 0 radical (unpaired) electrons. The van der Waals surface area contributed by atoms with E-state index in [0.29, 0.717) is 23.4 Å². The van der Waals surface area contributed by atoms with Crippen LogP contribution in [0.4, 0.5) is 10.1 Å². The highest BCUT2D eigenvalue weighted by Gasteiger charge is 2.59. The third-order valence-electron chi connectivity index (χ3n) is 5.95. The molecule has 2 aliphatic heterocycles. The highest BCUT2D eigenvalue weighted by Crippen LogP contribution is 2.54. The summed E-state index contributed by atoms with van der Waals surface area (Å²) >= 11 is 1.50. The SMILES string of the molecule is Cc1ccccc1C(=O)N1CCS[C@]12C(=O)N(Cc1cccc(F)c1)c1ccccc12. The Hall–Kier alpha value is -3.12. The van der Waals surface area contributed by atoms with Crippen molar-refractivity contribution >= 4 is 29.3 Å². The number of carbonyl (C=O) groups is 2. The van der Waals surface area contributed by atoms with Gasteiger partial charge in [-0.05, 0) is 42.3 Å². The van der Waals surface area contributed by atoms with Crippen LogP contribution in [-0.2, 0) is 16.2 Å². The van der Waals surface area contributed by atoms with Crippen LogP contribution in [0.2, 0.25) is 0 Å². The van der Waals surface area contributed by atoms with Gasteiger partial charge in [-0.25, -0.2) is 4.39 Å². The van der Waals surface area contributed by atoms with Gasteiger partial charge in [-0.1, -0.05) is 48.5 Å². The molecule has 2 aliphatic rings. The number of para-hydroxylation sites is 1. The number of carbonyl (C=O) groups excluding carboxylic acids is 2. The van der Waals surface area contributed by atoms with Crippen LogP contribution in [0.1, 0.15) is 27.0 Å². The van der Waals surface area contributed by atoms with Crippen molar-refractivity contribution in [2.45, 2.75) is 18.3 Å². The standard InChI is InChI=1S/C25H21FN2O2S/c1-17-7-2-3-10-20(17)23(29)28-13-14-31-25(28)21-11-4-5-12-22(21)27(24(25)30)16-18-8-6-9-19(26)15-18/h2-12,15H,13-14,16H2,1H3/t25-/m1/s1. The first-order valence-electron chi connectivity index (χ1n) is 10.2. The van der Waals surface area contributed by atoms with Gasteiger partial charge in [0, 0.05) is 23.4 Å². The highest BCUT2D eigenvalue weighted by atomic mass is 32.2. The second-order valence-electron chi connectivity index (χ2n) is 7.80. The Kier molecular flexibility index (Phi) is 4.82. The predicted octanol–water partition coefficient (Wildman–Crippen LogP) is 4.72. The summed E-state index contributed by atoms with van der Waals surface area (Å²) in [6.45, 7) is 2.65. The van der Waals surface area contributed by atoms with E-state index < -0.39 is 4.87 Å². The average molecular weight is 433 g/mol. The number of anilines is 1. The summed E-state index contributed by atoms with van der Waals surface area (Å²) in [6, 6.07) is 21.4. The third-order valence-corrected chi connectivity index (χ3v) is 7.37. The number of hydrogen-bond donors (Lipinski definition) is 0. The predicted molar refractivity (Wildman–Crippen MR) is 120 cm³/mol. The van der Waals surface area contributed by atoms with Crippen LogP contribution in [0.25, 0.3) is 0 Å². The second-order valence-corrected chi connectivity index (χ2v) is 9.09. The minimum absolute atomic E-state index is 0.140. The average Bonchev–Trinajstić information content (AvgIpc) is 3.31. The van der Waals surface area contributed by atoms with E-state index in [1.54, 1.807) is 15.9 Å². The normalized spacial score (nSPS) is 19.9. The van der Waals surface area contributed by atoms with Gasteiger partial charge in [0.2, 0.25) is 0 Å². The fourth-order valence-corrected chi connectivity index (χ4v) is 5.96. The summed E-state index contributed by atoms with van der Waals surface area (Å²) in [7, 11) is 0. The molecule has 0 N–H and O–H groups in total. The molecular weight excluding hydrogens is 411 g/mol. The minimum atomic E-state index is -1.09. The maximum absolute atomic E-state index is 13.9. The summed E-state index contributed by atoms with van der Waals surface area (Å²) < 4.78 is 13.8. The van der Waals surface area contributed by atoms with Crippen LogP contribution < -0.4 is 4.90 Å². The molecular formula is C25H21FN2O2S. The summed E-state index contributed by atoms with van der Waals surface area (Å²) in [6.07, 6.45) is 0. The number of halogens is 1. The molecule has 1 fully saturated rings. The smallest absolute Gasteiger partial charge is 0.268 e. The molecule has 6 heteroatoms. The molecule has 3 aromatic rings. The number of fused-ring (bicyclic) bond motifs is 2. The van der Waals surface area contributed by atoms with Gasteiger partial charge in [-0.15, -0.1) is 11.8 Å². The van der Waals surface area contributed by atoms with E-state index in [1.165, 1.54) is 23.9 Å². The number of hydrogen-bond acceptors (Lipinski definition) is 3. The number of thioether (sulfide) groups is 1. The van der Waals surface area contributed by atoms with Crippen molar-refractivity contribution in [1.29, 1.82) is 0 Å². The molecule has 2 amide bonds. The first kappa shape index (κ1) is 19.8. The number of benzene rings is 3. The van der Waals surface area contributed by atoms with Gasteiger partial charge >= 0.3 is 0 Å². The van der Waals surface area contributed by atoms with Crippen LogP contribution >= 0.6 is 11.8 Å². The quantitative estimate of drug-likeness (QED) is 0.601. The monoisotopic (exact) mass is 432 g/mol. The van der Waals surface area contributed by atoms with Crippen LogP contribution in [0.15, 0.2) is 72.8 Å². The fourth-order valence-electron chi connectivity index (χ4n) is 4.50. The van der Waals surface area contributed by atoms with Gasteiger partial charge in [0.15, 0.2) is 4.87 Å². The molecule has 2 heterocycles. The molecule has 0 aliphatic carbocycles. The van der Waals surface area contributed by atoms with Crippen LogP contribution in [0, 0.1) is 12.7 Å². The summed E-state index contributed by atoms with van der Waals surface area (Å²) in [5, 5.41) is 0. The van der Waals surface area contributed by atoms with Crippen molar-refractivity contribution in [3.8, 4) is 0 Å². The lowest BCUT2D eigenvalue weighted by molar-refractivity contribution is -0.123. The Bertz CT molecular complexity index is 1200. The largest absolute Gasteiger partial charge is 0.311 e. The molecule has 1 atom stereocenters. The lowest BCUT2D eigenvalue weighted by Crippen LogP contribution is -2.50. The zero-order valence-corrected chi connectivity index (χ0v) is 17.9. The third kappa shape index (κ3) is 3.05. The van der Waals surface area contributed by atoms with E-state index in [4.69, 9.17) is 0 Å². The Morgan fingerprint density at radius 3 is 2.65 bits per heavy atom. The van der Waals surface area contributed by atoms with E-state index in [0.717, 1.165) is 16.8 Å². The first-order valence-corrected chi connectivity index (χ1v) is 11.2. The number of aryl methyl sites for hydroxylation is 1. The number of amides is 2. The Morgan fingerprint density at radius 1 is 1.06 bits per heavy atom. The molecule has 3 aromatic carbocycles. The summed E-state index contributed by atoms with van der Waals surface area (Å²) in [5.41, 5.74) is 3.79. The van der Waals surface area contributed by atoms with E-state index >= 15 is 0 Å². The van der Waals surface area contributed by atoms with E-state index in [9.17, 15) is 14.0 Å². The maximum atomic E-state index is 13.9. The van der Waals surface area contributed by atoms with Crippen LogP contribution in [-0.4, -0.2) is 29.0 Å². The summed E-state index contributed by atoms with van der Waals surface area (Å²) in [5.74, 6) is 0.0471. The van der Waals surface area contributed by atoms with Crippen molar-refractivity contribution in [3.05, 3.63) is 101 Å². The molecule has 1 saturated heterocycles. The topological polar surface area (TPSA) is 40.6 Å². The molecule has 0 saturated carbocycles. The molecule has 31 heavy (non-hydrogen) atoms. The first-order chi connectivity index (χ1) is 15.0. The molecule has 1 spiro atoms. The fraction of sp³-hybridized carbons (Fsp3) is 0.200. The van der Waals surface area contributed by atoms with Crippen LogP contribution in [0.3, 0.4) is 0 Å². The molecule has 5 rings (SSSR count). The van der Waals surface area contributed by atoms with E-state index in [-0.39, 0.29) is 24.2 Å². The Morgan fingerprint density at radius 2 is 1.84 bits per heavy atom. The van der Waals surface area contributed by atoms with Crippen molar-refractivity contribution < 1.29 is 14.0 Å². The van der Waals surface area contributed by atoms with Gasteiger partial charge in [0.1, 0.15) is 5.82 Å². The molecule has 0 unspecified atom stereocenters. The van der Waals surface area contributed by atoms with Crippen molar-refractivity contribution in [1.82, 2.24) is 4.90 Å². The van der Waals surface area contributed by atoms with Crippen molar-refractivity contribution in [3.63, 3.8) is 0 Å². The highest BCUT2D eigenvalue weighted by molar-refractivity contribution is 8.01. The number of nitrogens with zero attached hydrogens (tertiary/aromatic N) is 2. The molecule has 0 aromatic heterocycles. The van der Waals surface area contributed by atoms with Gasteiger partial charge < -0.3 is 9.80 Å². The summed E-state index contributed by atoms with van der Waals surface area (Å²) in [4.78, 5) is 29.8. The van der Waals surface area contributed by atoms with Gasteiger partial charge in [0.25, 0.3) is 11.8 Å². The van der Waals surface area contributed by atoms with Crippen molar-refractivity contribution in [2.75, 3.05) is 17.2 Å². The van der Waals surface area contributed by atoms with E-state index in [2.05, 4.69) is 0 Å². The van der Waals surface area contributed by atoms with Gasteiger partial charge in [-0.2, -0.15) is 0 Å². The van der Waals surface area contributed by atoms with Crippen molar-refractivity contribution in [2.24, 2.45) is 0 Å². The zero-order chi connectivity index (χ0) is 21.6. The lowest BCUT2D eigenvalue weighted by atomic mass is 10.0. The van der Waals surface area contributed by atoms with Gasteiger partial charge in [-0.3, -0.25) is 9.59 Å². The Labute approximate surface area is 184 Å². The zero-order valence-electron chi connectivity index (χ0n) is 17.0. The number of rotatable bonds is 3.